The first kappa shape index (κ1) is 29.0. The lowest BCUT2D eigenvalue weighted by atomic mass is 9.98. The molecule has 0 radical (unpaired) electrons. The number of rotatable bonds is 6. The van der Waals surface area contributed by atoms with E-state index in [2.05, 4.69) is 10.2 Å². The van der Waals surface area contributed by atoms with E-state index in [-0.39, 0.29) is 44.0 Å². The van der Waals surface area contributed by atoms with E-state index in [9.17, 15) is 18.0 Å². The van der Waals surface area contributed by atoms with Gasteiger partial charge < -0.3 is 20.7 Å². The van der Waals surface area contributed by atoms with Gasteiger partial charge >= 0.3 is 6.18 Å². The van der Waals surface area contributed by atoms with E-state index in [0.29, 0.717) is 60.4 Å². The van der Waals surface area contributed by atoms with Crippen LogP contribution in [-0.2, 0) is 28.7 Å². The van der Waals surface area contributed by atoms with Crippen LogP contribution in [0.1, 0.15) is 40.9 Å². The number of anilines is 2. The number of nitrogens with two attached hydrogens (primary N) is 1. The van der Waals surface area contributed by atoms with Crippen molar-refractivity contribution in [2.24, 2.45) is 0 Å². The van der Waals surface area contributed by atoms with Gasteiger partial charge in [-0.05, 0) is 50.6 Å². The summed E-state index contributed by atoms with van der Waals surface area (Å²) in [5.74, 6) is 0.541. The van der Waals surface area contributed by atoms with Crippen molar-refractivity contribution in [1.29, 1.82) is 0 Å². The zero-order chi connectivity index (χ0) is 27.0. The summed E-state index contributed by atoms with van der Waals surface area (Å²) in [5, 5.41) is 7.77. The number of likely N-dealkylation sites (tertiary alicyclic amines) is 1. The van der Waals surface area contributed by atoms with Crippen LogP contribution in [0.5, 0.6) is 0 Å². The number of ether oxygens (including phenoxy) is 1. The number of imidazole rings is 1. The van der Waals surface area contributed by atoms with Crippen molar-refractivity contribution >= 4 is 36.6 Å². The van der Waals surface area contributed by atoms with Crippen LogP contribution >= 0.6 is 13.5 Å². The molecule has 3 aromatic rings. The predicted molar refractivity (Wildman–Crippen MR) is 147 cm³/mol. The quantitative estimate of drug-likeness (QED) is 0.474. The van der Waals surface area contributed by atoms with Gasteiger partial charge in [-0.15, -0.1) is 5.10 Å². The fourth-order valence-corrected chi connectivity index (χ4v) is 5.28. The van der Waals surface area contributed by atoms with Crippen molar-refractivity contribution in [3.63, 3.8) is 0 Å². The molecule has 0 saturated carbocycles. The molecule has 2 aliphatic heterocycles. The summed E-state index contributed by atoms with van der Waals surface area (Å²) in [4.78, 5) is 21.6. The molecule has 2 aliphatic rings. The SMILES string of the molecule is Cc1c(Cc2c(CNC(=O)[C@@H]3CCCN3C)nc3c(N)cc(N4CCOCC4)nn23)cccc1C(F)(F)F.S. The molecule has 1 aromatic carbocycles. The Hall–Kier alpha value is -3.03. The van der Waals surface area contributed by atoms with Gasteiger partial charge in [0.05, 0.1) is 48.4 Å². The molecule has 4 heterocycles. The van der Waals surface area contributed by atoms with Crippen molar-refractivity contribution in [2.45, 2.75) is 44.9 Å². The number of carbonyl (C=O) groups excluding carboxylic acids is 1. The Labute approximate surface area is 231 Å². The summed E-state index contributed by atoms with van der Waals surface area (Å²) < 4.78 is 47.9. The minimum atomic E-state index is -4.46. The van der Waals surface area contributed by atoms with Crippen LogP contribution in [0, 0.1) is 6.92 Å². The molecule has 9 nitrogen and oxygen atoms in total. The highest BCUT2D eigenvalue weighted by Gasteiger charge is 2.33. The summed E-state index contributed by atoms with van der Waals surface area (Å²) in [6.07, 6.45) is -2.59. The maximum atomic E-state index is 13.6. The minimum Gasteiger partial charge on any atom is -0.396 e. The second-order valence-electron chi connectivity index (χ2n) is 9.92. The summed E-state index contributed by atoms with van der Waals surface area (Å²) in [5.41, 5.74) is 8.29. The van der Waals surface area contributed by atoms with E-state index in [1.165, 1.54) is 13.0 Å². The van der Waals surface area contributed by atoms with Gasteiger partial charge in [-0.25, -0.2) is 9.50 Å². The number of amides is 1. The number of nitrogens with one attached hydrogen (secondary N) is 1. The number of fused-ring (bicyclic) bond motifs is 1. The molecule has 0 aliphatic carbocycles. The van der Waals surface area contributed by atoms with Crippen LogP contribution < -0.4 is 16.0 Å². The second-order valence-corrected chi connectivity index (χ2v) is 9.92. The molecule has 0 bridgehead atoms. The van der Waals surface area contributed by atoms with Crippen molar-refractivity contribution < 1.29 is 22.7 Å². The standard InChI is InChI=1S/C26H32F3N7O2.H2S/c1-16-17(5-3-6-18(16)26(27,28)29)13-22-20(15-31-25(37)21-7-4-8-34(21)2)32-24-19(30)14-23(33-36(22)24)35-9-11-38-12-10-35;/h3,5-6,14,21H,4,7-13,15,30H2,1-2H3,(H,31,37);1H2/t21-;/m0./s1. The highest BCUT2D eigenvalue weighted by atomic mass is 32.1. The lowest BCUT2D eigenvalue weighted by Gasteiger charge is -2.27. The number of morpholine rings is 1. The Morgan fingerprint density at radius 2 is 1.97 bits per heavy atom. The number of carbonyl (C=O) groups is 1. The summed E-state index contributed by atoms with van der Waals surface area (Å²) >= 11 is 0. The summed E-state index contributed by atoms with van der Waals surface area (Å²) in [6.45, 7) is 4.86. The number of halogens is 3. The Kier molecular flexibility index (Phi) is 8.62. The zero-order valence-electron chi connectivity index (χ0n) is 22.0. The molecule has 2 fully saturated rings. The van der Waals surface area contributed by atoms with Gasteiger partial charge in [0.25, 0.3) is 0 Å². The van der Waals surface area contributed by atoms with E-state index < -0.39 is 11.7 Å². The van der Waals surface area contributed by atoms with Gasteiger partial charge in [0, 0.05) is 25.6 Å². The Morgan fingerprint density at radius 3 is 2.64 bits per heavy atom. The molecule has 1 atom stereocenters. The smallest absolute Gasteiger partial charge is 0.396 e. The van der Waals surface area contributed by atoms with E-state index in [1.807, 2.05) is 11.9 Å². The van der Waals surface area contributed by atoms with Crippen LogP contribution in [0.25, 0.3) is 5.65 Å². The van der Waals surface area contributed by atoms with Crippen LogP contribution in [0.2, 0.25) is 0 Å². The normalized spacial score (nSPS) is 18.4. The highest BCUT2D eigenvalue weighted by molar-refractivity contribution is 7.59. The van der Waals surface area contributed by atoms with Crippen LogP contribution in [0.3, 0.4) is 0 Å². The number of aromatic nitrogens is 3. The molecular formula is C26H34F3N7O2S. The molecular weight excluding hydrogens is 531 g/mol. The lowest BCUT2D eigenvalue weighted by molar-refractivity contribution is -0.138. The summed E-state index contributed by atoms with van der Waals surface area (Å²) in [6, 6.07) is 5.71. The number of benzene rings is 1. The predicted octanol–water partition coefficient (Wildman–Crippen LogP) is 2.89. The van der Waals surface area contributed by atoms with Crippen molar-refractivity contribution in [3.05, 3.63) is 52.3 Å². The van der Waals surface area contributed by atoms with Crippen LogP contribution in [0.4, 0.5) is 24.7 Å². The zero-order valence-corrected chi connectivity index (χ0v) is 23.0. The molecule has 2 saturated heterocycles. The number of nitrogen functional groups attached to an aromatic ring is 1. The van der Waals surface area contributed by atoms with Crippen LogP contribution in [0.15, 0.2) is 24.3 Å². The van der Waals surface area contributed by atoms with Gasteiger partial charge in [-0.2, -0.15) is 26.7 Å². The molecule has 13 heteroatoms. The molecule has 0 unspecified atom stereocenters. The summed E-state index contributed by atoms with van der Waals surface area (Å²) in [7, 11) is 1.92. The first-order chi connectivity index (χ1) is 18.1. The van der Waals surface area contributed by atoms with E-state index in [0.717, 1.165) is 25.5 Å². The minimum absolute atomic E-state index is 0. The van der Waals surface area contributed by atoms with E-state index >= 15 is 0 Å². The Balaban J connectivity index is 0.00000353. The average molecular weight is 566 g/mol. The van der Waals surface area contributed by atoms with E-state index in [1.54, 1.807) is 16.6 Å². The topological polar surface area (TPSA) is 101 Å². The number of hydrogen-bond acceptors (Lipinski definition) is 7. The average Bonchev–Trinajstić information content (AvgIpc) is 3.47. The number of likely N-dealkylation sites (N-methyl/N-ethyl adjacent to an activating group) is 1. The van der Waals surface area contributed by atoms with Crippen molar-refractivity contribution in [3.8, 4) is 0 Å². The van der Waals surface area contributed by atoms with Gasteiger partial charge in [-0.1, -0.05) is 12.1 Å². The third-order valence-corrected chi connectivity index (χ3v) is 7.47. The first-order valence-corrected chi connectivity index (χ1v) is 12.8. The number of alkyl halides is 3. The largest absolute Gasteiger partial charge is 0.416 e. The van der Waals surface area contributed by atoms with Crippen molar-refractivity contribution in [2.75, 3.05) is 50.5 Å². The third-order valence-electron chi connectivity index (χ3n) is 7.47. The lowest BCUT2D eigenvalue weighted by Crippen LogP contribution is -2.41. The van der Waals surface area contributed by atoms with Gasteiger partial charge in [0.15, 0.2) is 11.5 Å². The van der Waals surface area contributed by atoms with Gasteiger partial charge in [0.2, 0.25) is 5.91 Å². The number of hydrogen-bond donors (Lipinski definition) is 2. The maximum Gasteiger partial charge on any atom is 0.416 e. The maximum absolute atomic E-state index is 13.6. The third kappa shape index (κ3) is 5.94. The highest BCUT2D eigenvalue weighted by Crippen LogP contribution is 2.34. The number of nitrogens with zero attached hydrogens (tertiary/aromatic N) is 5. The second kappa shape index (κ2) is 11.6. The molecule has 5 rings (SSSR count). The molecule has 3 N–H and O–H groups in total. The fourth-order valence-electron chi connectivity index (χ4n) is 5.28. The molecule has 212 valence electrons. The van der Waals surface area contributed by atoms with Gasteiger partial charge in [-0.3, -0.25) is 9.69 Å². The monoisotopic (exact) mass is 565 g/mol. The molecule has 0 spiro atoms. The molecule has 1 amide bonds. The molecule has 2 aromatic heterocycles. The Bertz CT molecular complexity index is 1340. The Morgan fingerprint density at radius 1 is 1.23 bits per heavy atom. The first-order valence-electron chi connectivity index (χ1n) is 12.8. The fraction of sp³-hybridized carbons (Fsp3) is 0.500. The van der Waals surface area contributed by atoms with E-state index in [4.69, 9.17) is 20.6 Å². The van der Waals surface area contributed by atoms with Crippen LogP contribution in [-0.4, -0.2) is 71.3 Å². The van der Waals surface area contributed by atoms with Crippen molar-refractivity contribution in [1.82, 2.24) is 24.8 Å². The van der Waals surface area contributed by atoms with Gasteiger partial charge in [0.1, 0.15) is 0 Å². The molecule has 39 heavy (non-hydrogen) atoms.